The summed E-state index contributed by atoms with van der Waals surface area (Å²) in [5.41, 5.74) is 0.651. The number of likely N-dealkylation sites (tertiary alicyclic amines) is 1. The number of rotatable bonds is 3. The Hall–Kier alpha value is -1.85. The van der Waals surface area contributed by atoms with Gasteiger partial charge in [0, 0.05) is 19.3 Å². The first-order chi connectivity index (χ1) is 9.66. The fraction of sp³-hybridized carbons (Fsp3) is 0.643. The highest BCUT2D eigenvalue weighted by molar-refractivity contribution is 5.93. The average molecular weight is 275 g/mol. The average Bonchev–Trinajstić information content (AvgIpc) is 3.34. The van der Waals surface area contributed by atoms with Crippen LogP contribution in [0.3, 0.4) is 0 Å². The second-order valence-electron chi connectivity index (χ2n) is 6.12. The second kappa shape index (κ2) is 4.07. The number of piperidine rings is 1. The number of fused-ring (bicyclic) bond motifs is 1. The summed E-state index contributed by atoms with van der Waals surface area (Å²) in [5.74, 6) is -0.505. The molecule has 1 aromatic rings. The van der Waals surface area contributed by atoms with Crippen molar-refractivity contribution in [2.24, 2.45) is 17.8 Å². The highest BCUT2D eigenvalue weighted by atomic mass is 16.4. The summed E-state index contributed by atoms with van der Waals surface area (Å²) in [6, 6.07) is 2.16. The first-order valence-corrected chi connectivity index (χ1v) is 7.22. The Balaban J connectivity index is 1.49. The predicted molar refractivity (Wildman–Crippen MR) is 69.1 cm³/mol. The number of carbonyl (C=O) groups is 2. The minimum absolute atomic E-state index is 0.00360. The fourth-order valence-electron chi connectivity index (χ4n) is 3.54. The van der Waals surface area contributed by atoms with Gasteiger partial charge in [-0.3, -0.25) is 14.3 Å². The van der Waals surface area contributed by atoms with Gasteiger partial charge in [-0.15, -0.1) is 0 Å². The van der Waals surface area contributed by atoms with Crippen LogP contribution in [0.2, 0.25) is 0 Å². The third-order valence-corrected chi connectivity index (χ3v) is 4.85. The van der Waals surface area contributed by atoms with Gasteiger partial charge in [0.15, 0.2) is 0 Å². The summed E-state index contributed by atoms with van der Waals surface area (Å²) in [6.07, 6.45) is 4.67. The van der Waals surface area contributed by atoms with Crippen LogP contribution in [0.5, 0.6) is 0 Å². The smallest absolute Gasteiger partial charge is 0.307 e. The zero-order chi connectivity index (χ0) is 13.9. The lowest BCUT2D eigenvalue weighted by atomic mass is 10.1. The normalized spacial score (nSPS) is 31.8. The molecule has 1 amide bonds. The molecule has 3 atom stereocenters. The molecule has 4 rings (SSSR count). The number of amides is 1. The molecule has 106 valence electrons. The van der Waals surface area contributed by atoms with Gasteiger partial charge in [0.1, 0.15) is 5.69 Å². The van der Waals surface area contributed by atoms with Crippen molar-refractivity contribution in [2.75, 3.05) is 13.1 Å². The first kappa shape index (κ1) is 11.9. The maximum atomic E-state index is 12.6. The van der Waals surface area contributed by atoms with Crippen molar-refractivity contribution in [3.8, 4) is 0 Å². The molecule has 0 radical (unpaired) electrons. The molecule has 3 aliphatic rings. The highest BCUT2D eigenvalue weighted by Crippen LogP contribution is 2.51. The van der Waals surface area contributed by atoms with E-state index in [2.05, 4.69) is 5.10 Å². The topological polar surface area (TPSA) is 75.4 Å². The van der Waals surface area contributed by atoms with Crippen LogP contribution in [0, 0.1) is 17.8 Å². The molecule has 20 heavy (non-hydrogen) atoms. The van der Waals surface area contributed by atoms with Gasteiger partial charge in [-0.25, -0.2) is 0 Å². The van der Waals surface area contributed by atoms with Gasteiger partial charge in [-0.2, -0.15) is 5.10 Å². The first-order valence-electron chi connectivity index (χ1n) is 7.22. The van der Waals surface area contributed by atoms with Crippen LogP contribution >= 0.6 is 0 Å². The van der Waals surface area contributed by atoms with Gasteiger partial charge in [0.2, 0.25) is 0 Å². The molecule has 6 heteroatoms. The van der Waals surface area contributed by atoms with Crippen molar-refractivity contribution in [2.45, 2.75) is 25.3 Å². The Labute approximate surface area is 116 Å². The summed E-state index contributed by atoms with van der Waals surface area (Å²) in [7, 11) is 0. The fourth-order valence-corrected chi connectivity index (χ4v) is 3.54. The lowest BCUT2D eigenvalue weighted by Crippen LogP contribution is -2.38. The number of hydrogen-bond donors (Lipinski definition) is 1. The molecule has 0 bridgehead atoms. The number of aliphatic carboxylic acids is 1. The molecule has 1 aromatic heterocycles. The third kappa shape index (κ3) is 1.74. The number of carbonyl (C=O) groups excluding carboxylic acids is 1. The van der Waals surface area contributed by atoms with E-state index in [0.717, 1.165) is 19.3 Å². The maximum absolute atomic E-state index is 12.6. The van der Waals surface area contributed by atoms with E-state index < -0.39 is 5.97 Å². The Morgan fingerprint density at radius 2 is 2.05 bits per heavy atom. The van der Waals surface area contributed by atoms with E-state index >= 15 is 0 Å². The molecule has 6 nitrogen and oxygen atoms in total. The molecule has 1 aliphatic heterocycles. The molecular formula is C14H17N3O3. The Morgan fingerprint density at radius 1 is 1.25 bits per heavy atom. The van der Waals surface area contributed by atoms with Gasteiger partial charge in [-0.1, -0.05) is 0 Å². The molecule has 1 N–H and O–H groups in total. The lowest BCUT2D eigenvalue weighted by Gasteiger charge is -2.26. The Kier molecular flexibility index (Phi) is 2.43. The van der Waals surface area contributed by atoms with E-state index in [-0.39, 0.29) is 23.7 Å². The van der Waals surface area contributed by atoms with Gasteiger partial charge in [-0.05, 0) is 37.2 Å². The van der Waals surface area contributed by atoms with Crippen LogP contribution in [0.25, 0.3) is 0 Å². The molecule has 3 fully saturated rings. The SMILES string of the molecule is O=C(O)[C@@H]1[C@@H]2CCN(C(=O)c3ccnn3C3CC3)C[C@@H]21. The minimum Gasteiger partial charge on any atom is -0.481 e. The second-order valence-corrected chi connectivity index (χ2v) is 6.12. The van der Waals surface area contributed by atoms with E-state index in [4.69, 9.17) is 5.11 Å². The molecule has 0 aromatic carbocycles. The Morgan fingerprint density at radius 3 is 2.75 bits per heavy atom. The minimum atomic E-state index is -0.711. The van der Waals surface area contributed by atoms with Crippen molar-refractivity contribution in [1.29, 1.82) is 0 Å². The monoisotopic (exact) mass is 275 g/mol. The predicted octanol–water partition coefficient (Wildman–Crippen LogP) is 1.01. The van der Waals surface area contributed by atoms with Crippen molar-refractivity contribution in [3.05, 3.63) is 18.0 Å². The molecule has 1 saturated heterocycles. The summed E-state index contributed by atoms with van der Waals surface area (Å²) in [5, 5.41) is 13.3. The summed E-state index contributed by atoms with van der Waals surface area (Å²) in [4.78, 5) is 25.4. The van der Waals surface area contributed by atoms with Crippen LogP contribution in [0.15, 0.2) is 12.3 Å². The van der Waals surface area contributed by atoms with E-state index in [1.807, 2.05) is 4.68 Å². The molecule has 0 spiro atoms. The summed E-state index contributed by atoms with van der Waals surface area (Å²) in [6.45, 7) is 1.25. The van der Waals surface area contributed by atoms with Gasteiger partial charge >= 0.3 is 5.97 Å². The van der Waals surface area contributed by atoms with Crippen LogP contribution in [0.1, 0.15) is 35.8 Å². The zero-order valence-corrected chi connectivity index (χ0v) is 11.1. The third-order valence-electron chi connectivity index (χ3n) is 4.85. The molecule has 2 aliphatic carbocycles. The van der Waals surface area contributed by atoms with Crippen molar-refractivity contribution in [3.63, 3.8) is 0 Å². The molecule has 2 saturated carbocycles. The quantitative estimate of drug-likeness (QED) is 0.893. The Bertz CT molecular complexity index is 578. The van der Waals surface area contributed by atoms with Crippen molar-refractivity contribution >= 4 is 11.9 Å². The van der Waals surface area contributed by atoms with E-state index in [0.29, 0.717) is 24.8 Å². The van der Waals surface area contributed by atoms with Crippen LogP contribution in [-0.2, 0) is 4.79 Å². The standard InChI is InChI=1S/C14H17N3O3/c18-13(11-3-5-15-17(11)8-1-2-8)16-6-4-9-10(7-16)12(9)14(19)20/h3,5,8-10,12H,1-2,4,6-7H2,(H,19,20)/t9-,10+,12-/m1/s1. The van der Waals surface area contributed by atoms with Crippen LogP contribution < -0.4 is 0 Å². The van der Waals surface area contributed by atoms with Crippen LogP contribution in [-0.4, -0.2) is 44.8 Å². The maximum Gasteiger partial charge on any atom is 0.307 e. The van der Waals surface area contributed by atoms with Crippen LogP contribution in [0.4, 0.5) is 0 Å². The number of nitrogens with zero attached hydrogens (tertiary/aromatic N) is 3. The summed E-state index contributed by atoms with van der Waals surface area (Å²) >= 11 is 0. The van der Waals surface area contributed by atoms with Gasteiger partial charge in [0.25, 0.3) is 5.91 Å². The summed E-state index contributed by atoms with van der Waals surface area (Å²) < 4.78 is 1.83. The van der Waals surface area contributed by atoms with E-state index in [1.165, 1.54) is 0 Å². The number of carboxylic acids is 1. The molecule has 0 unspecified atom stereocenters. The highest BCUT2D eigenvalue weighted by Gasteiger charge is 2.57. The van der Waals surface area contributed by atoms with Gasteiger partial charge in [0.05, 0.1) is 12.0 Å². The lowest BCUT2D eigenvalue weighted by molar-refractivity contribution is -0.139. The number of aromatic nitrogens is 2. The zero-order valence-electron chi connectivity index (χ0n) is 11.1. The van der Waals surface area contributed by atoms with Crippen molar-refractivity contribution < 1.29 is 14.7 Å². The van der Waals surface area contributed by atoms with Gasteiger partial charge < -0.3 is 10.0 Å². The molecular weight excluding hydrogens is 258 g/mol. The van der Waals surface area contributed by atoms with Crippen molar-refractivity contribution in [1.82, 2.24) is 14.7 Å². The van der Waals surface area contributed by atoms with E-state index in [9.17, 15) is 9.59 Å². The largest absolute Gasteiger partial charge is 0.481 e. The number of hydrogen-bond acceptors (Lipinski definition) is 3. The number of carboxylic acid groups (broad SMARTS) is 1. The van der Waals surface area contributed by atoms with E-state index in [1.54, 1.807) is 17.2 Å². The molecule has 2 heterocycles.